The van der Waals surface area contributed by atoms with Crippen molar-refractivity contribution in [3.05, 3.63) is 70.0 Å². The van der Waals surface area contributed by atoms with Gasteiger partial charge in [0.1, 0.15) is 5.82 Å². The van der Waals surface area contributed by atoms with E-state index < -0.39 is 117 Å². The molecule has 3 amide bonds. The summed E-state index contributed by atoms with van der Waals surface area (Å²) in [6.07, 6.45) is -6.16. The first kappa shape index (κ1) is 20.6. The van der Waals surface area contributed by atoms with Gasteiger partial charge in [0.25, 0.3) is 5.92 Å². The number of aryl methyl sites for hydroxylation is 1. The number of hydrogen-bond donors (Lipinski definition) is 0. The second-order valence-corrected chi connectivity index (χ2v) is 10.6. The van der Waals surface area contributed by atoms with Crippen LogP contribution in [0, 0.1) is 12.7 Å². The van der Waals surface area contributed by atoms with Gasteiger partial charge in [-0.15, -0.1) is 0 Å². The van der Waals surface area contributed by atoms with Crippen molar-refractivity contribution in [2.75, 3.05) is 39.5 Å². The molecule has 0 N–H and O–H groups in total. The van der Waals surface area contributed by atoms with Crippen LogP contribution in [0.2, 0.25) is 0 Å². The minimum absolute atomic E-state index is 0.120. The Hall–Kier alpha value is -3.28. The quantitative estimate of drug-likeness (QED) is 0.347. The largest absolute Gasteiger partial charge is 0.416 e. The summed E-state index contributed by atoms with van der Waals surface area (Å²) >= 11 is 0. The Labute approximate surface area is 263 Å². The number of rotatable bonds is 5. The zero-order valence-corrected chi connectivity index (χ0v) is 23.7. The Bertz CT molecular complexity index is 1730. The molecule has 0 radical (unpaired) electrons. The first-order valence-electron chi connectivity index (χ1n) is 18.8. The molecule has 4 rings (SSSR count). The molecule has 0 bridgehead atoms. The van der Waals surface area contributed by atoms with E-state index in [4.69, 9.17) is 15.1 Å². The SMILES string of the molecule is [2H]C([2H])([2H])N(C(=O)N1CC[C@H](N2C([2H])([2H])C([2H])([2H])N(C(C)=O)C([2H])([2H])C2([2H])[2H])C[C@@H]1c1ccc(F)cc1C)[C@H](C)c1cc(C(C)(F)F)cc(C(F)(F)F)c1. The first-order chi connectivity index (χ1) is 24.2. The van der Waals surface area contributed by atoms with Gasteiger partial charge in [-0.3, -0.25) is 9.69 Å². The maximum Gasteiger partial charge on any atom is 0.416 e. The third-order valence-electron chi connectivity index (χ3n) is 7.52. The van der Waals surface area contributed by atoms with E-state index in [2.05, 4.69) is 0 Å². The second-order valence-electron chi connectivity index (χ2n) is 10.6. The molecular weight excluding hydrogens is 574 g/mol. The monoisotopic (exact) mass is 623 g/mol. The highest BCUT2D eigenvalue weighted by atomic mass is 19.4. The van der Waals surface area contributed by atoms with E-state index >= 15 is 0 Å². The molecule has 2 aromatic carbocycles. The molecule has 12 heteroatoms. The first-order valence-corrected chi connectivity index (χ1v) is 13.3. The summed E-state index contributed by atoms with van der Waals surface area (Å²) in [5.41, 5.74) is -2.96. The minimum Gasteiger partial charge on any atom is -0.340 e. The molecule has 3 atom stereocenters. The maximum absolute atomic E-state index is 14.5. The third kappa shape index (κ3) is 7.27. The van der Waals surface area contributed by atoms with Gasteiger partial charge in [0.15, 0.2) is 0 Å². The molecule has 2 fully saturated rings. The Kier molecular flexibility index (Phi) is 5.94. The highest BCUT2D eigenvalue weighted by Gasteiger charge is 2.40. The summed E-state index contributed by atoms with van der Waals surface area (Å²) < 4.78 is 178. The molecule has 43 heavy (non-hydrogen) atoms. The van der Waals surface area contributed by atoms with E-state index in [1.54, 1.807) is 0 Å². The number of benzene rings is 2. The van der Waals surface area contributed by atoms with Gasteiger partial charge in [-0.05, 0) is 73.7 Å². The lowest BCUT2D eigenvalue weighted by molar-refractivity contribution is -0.138. The van der Waals surface area contributed by atoms with Crippen molar-refractivity contribution in [1.82, 2.24) is 19.6 Å². The standard InChI is InChI=1S/C31H38F6N4O2/c1-19-14-25(32)6-7-27(19)28-18-26(40-12-10-39(11-13-40)21(3)42)8-9-41(28)29(43)38(5)20(2)22-15-23(30(4,33)34)17-24(16-22)31(35,36)37/h6-7,14-17,20,26,28H,8-13,18H2,1-5H3/t20-,26+,28-/m1/s1/i5D3,10D2,11D2,12D2,13D2. The van der Waals surface area contributed by atoms with Crippen LogP contribution in [0.25, 0.3) is 0 Å². The smallest absolute Gasteiger partial charge is 0.340 e. The molecule has 0 saturated carbocycles. The van der Waals surface area contributed by atoms with Gasteiger partial charge in [-0.2, -0.15) is 13.2 Å². The zero-order chi connectivity index (χ0) is 41.5. The Morgan fingerprint density at radius 2 is 1.70 bits per heavy atom. The number of carbonyl (C=O) groups excluding carboxylic acids is 2. The summed E-state index contributed by atoms with van der Waals surface area (Å²) in [4.78, 5) is 28.1. The fourth-order valence-electron chi connectivity index (χ4n) is 5.08. The van der Waals surface area contributed by atoms with Gasteiger partial charge in [-0.25, -0.2) is 18.0 Å². The molecule has 2 aromatic rings. The Balaban J connectivity index is 1.87. The molecule has 2 aliphatic rings. The van der Waals surface area contributed by atoms with E-state index in [9.17, 15) is 35.9 Å². The molecular formula is C31H38F6N4O2. The molecule has 0 spiro atoms. The normalized spacial score (nSPS) is 29.9. The van der Waals surface area contributed by atoms with Crippen LogP contribution in [-0.4, -0.2) is 77.1 Å². The number of piperazine rings is 1. The van der Waals surface area contributed by atoms with Crippen molar-refractivity contribution in [3.63, 3.8) is 0 Å². The number of piperidine rings is 1. The van der Waals surface area contributed by atoms with Crippen LogP contribution in [0.3, 0.4) is 0 Å². The molecule has 0 aliphatic carbocycles. The summed E-state index contributed by atoms with van der Waals surface area (Å²) in [7, 11) is 0. The highest BCUT2D eigenvalue weighted by molar-refractivity contribution is 5.76. The summed E-state index contributed by atoms with van der Waals surface area (Å²) in [6.45, 7) is -14.3. The molecule has 2 aliphatic heterocycles. The van der Waals surface area contributed by atoms with Crippen molar-refractivity contribution in [3.8, 4) is 0 Å². The van der Waals surface area contributed by atoms with Gasteiger partial charge in [0.05, 0.1) is 23.1 Å². The number of hydrogen-bond acceptors (Lipinski definition) is 3. The van der Waals surface area contributed by atoms with Gasteiger partial charge in [-0.1, -0.05) is 6.07 Å². The number of urea groups is 1. The fourth-order valence-corrected chi connectivity index (χ4v) is 5.08. The molecule has 2 saturated heterocycles. The number of nitrogens with zero attached hydrogens (tertiary/aromatic N) is 4. The third-order valence-corrected chi connectivity index (χ3v) is 7.52. The van der Waals surface area contributed by atoms with Gasteiger partial charge in [0.2, 0.25) is 5.91 Å². The van der Waals surface area contributed by atoms with E-state index in [-0.39, 0.29) is 27.0 Å². The van der Waals surface area contributed by atoms with Gasteiger partial charge in [0, 0.05) is 74.6 Å². The van der Waals surface area contributed by atoms with Crippen molar-refractivity contribution < 1.29 is 51.0 Å². The van der Waals surface area contributed by atoms with Crippen LogP contribution >= 0.6 is 0 Å². The summed E-state index contributed by atoms with van der Waals surface area (Å²) in [5, 5.41) is 0. The van der Waals surface area contributed by atoms with Crippen LogP contribution in [0.15, 0.2) is 36.4 Å². The van der Waals surface area contributed by atoms with Crippen LogP contribution in [0.4, 0.5) is 31.1 Å². The fraction of sp³-hybridized carbons (Fsp3) is 0.548. The average molecular weight is 624 g/mol. The predicted molar refractivity (Wildman–Crippen MR) is 150 cm³/mol. The predicted octanol–water partition coefficient (Wildman–Crippen LogP) is 6.75. The van der Waals surface area contributed by atoms with Crippen LogP contribution in [0.1, 0.15) is 88.6 Å². The molecule has 2 heterocycles. The topological polar surface area (TPSA) is 47.1 Å². The van der Waals surface area contributed by atoms with Crippen molar-refractivity contribution in [2.45, 2.75) is 70.8 Å². The van der Waals surface area contributed by atoms with Gasteiger partial charge >= 0.3 is 12.2 Å². The number of carbonyl (C=O) groups is 2. The lowest BCUT2D eigenvalue weighted by Gasteiger charge is -2.47. The second kappa shape index (κ2) is 12.4. The van der Waals surface area contributed by atoms with Gasteiger partial charge < -0.3 is 14.7 Å². The Morgan fingerprint density at radius 1 is 1.05 bits per heavy atom. The van der Waals surface area contributed by atoms with Crippen LogP contribution in [0.5, 0.6) is 0 Å². The lowest BCUT2D eigenvalue weighted by atomic mass is 9.88. The summed E-state index contributed by atoms with van der Waals surface area (Å²) in [5.74, 6) is -5.86. The highest BCUT2D eigenvalue weighted by Crippen LogP contribution is 2.39. The minimum atomic E-state index is -5.14. The van der Waals surface area contributed by atoms with E-state index in [0.717, 1.165) is 30.9 Å². The molecule has 0 aromatic heterocycles. The molecule has 0 unspecified atom stereocenters. The van der Waals surface area contributed by atoms with E-state index in [1.165, 1.54) is 13.0 Å². The van der Waals surface area contributed by atoms with E-state index in [1.807, 2.05) is 0 Å². The van der Waals surface area contributed by atoms with Crippen molar-refractivity contribution in [2.24, 2.45) is 0 Å². The molecule has 236 valence electrons. The lowest BCUT2D eigenvalue weighted by Crippen LogP contribution is -2.56. The summed E-state index contributed by atoms with van der Waals surface area (Å²) in [6, 6.07) is -1.55. The number of halogens is 6. The average Bonchev–Trinajstić information content (AvgIpc) is 2.98. The van der Waals surface area contributed by atoms with Crippen molar-refractivity contribution in [1.29, 1.82) is 0 Å². The number of alkyl halides is 5. The molecule has 6 nitrogen and oxygen atoms in total. The van der Waals surface area contributed by atoms with Crippen molar-refractivity contribution >= 4 is 11.9 Å². The van der Waals surface area contributed by atoms with E-state index in [0.29, 0.717) is 24.0 Å². The van der Waals surface area contributed by atoms with Crippen LogP contribution in [-0.2, 0) is 16.9 Å². The zero-order valence-electron chi connectivity index (χ0n) is 34.7. The van der Waals surface area contributed by atoms with Crippen LogP contribution < -0.4 is 0 Å². The Morgan fingerprint density at radius 3 is 2.26 bits per heavy atom. The number of amides is 3. The number of likely N-dealkylation sites (tertiary alicyclic amines) is 1. The maximum atomic E-state index is 14.5.